The largest absolute Gasteiger partial charge is 0.399 e. The van der Waals surface area contributed by atoms with Crippen molar-refractivity contribution in [1.29, 1.82) is 0 Å². The first-order chi connectivity index (χ1) is 6.84. The fraction of sp³-hybridized carbons (Fsp3) is 0. The number of nitrogen functional groups attached to an aromatic ring is 1. The van der Waals surface area contributed by atoms with Gasteiger partial charge in [-0.3, -0.25) is 0 Å². The number of hydrogen-bond donors (Lipinski definition) is 1. The van der Waals surface area contributed by atoms with Crippen molar-refractivity contribution in [1.82, 2.24) is 0 Å². The minimum absolute atomic E-state index is 0.834. The van der Waals surface area contributed by atoms with E-state index in [9.17, 15) is 0 Å². The van der Waals surface area contributed by atoms with E-state index in [2.05, 4.69) is 30.3 Å². The Labute approximate surface area is 85.8 Å². The van der Waals surface area contributed by atoms with Gasteiger partial charge in [0, 0.05) is 25.9 Å². The molecule has 0 atom stereocenters. The molecule has 0 saturated carbocycles. The SMILES string of the molecule is Nc1ccc2sc3ccccc3c2c1. The van der Waals surface area contributed by atoms with Gasteiger partial charge in [-0.1, -0.05) is 18.2 Å². The maximum Gasteiger partial charge on any atom is 0.0356 e. The van der Waals surface area contributed by atoms with E-state index in [1.807, 2.05) is 23.5 Å². The molecule has 0 aliphatic rings. The summed E-state index contributed by atoms with van der Waals surface area (Å²) in [6, 6.07) is 14.5. The normalized spacial score (nSPS) is 11.1. The lowest BCUT2D eigenvalue weighted by molar-refractivity contribution is 1.79. The zero-order chi connectivity index (χ0) is 9.54. The molecule has 2 heteroatoms. The second kappa shape index (κ2) is 2.72. The molecule has 0 bridgehead atoms. The maximum atomic E-state index is 5.78. The third-order valence-electron chi connectivity index (χ3n) is 2.40. The predicted octanol–water partition coefficient (Wildman–Crippen LogP) is 3.64. The molecule has 0 amide bonds. The first kappa shape index (κ1) is 7.83. The quantitative estimate of drug-likeness (QED) is 0.550. The minimum Gasteiger partial charge on any atom is -0.399 e. The Morgan fingerprint density at radius 2 is 1.64 bits per heavy atom. The van der Waals surface area contributed by atoms with Crippen molar-refractivity contribution in [3.8, 4) is 0 Å². The number of nitrogens with two attached hydrogens (primary N) is 1. The smallest absolute Gasteiger partial charge is 0.0356 e. The second-order valence-electron chi connectivity index (χ2n) is 3.35. The first-order valence-corrected chi connectivity index (χ1v) is 5.33. The van der Waals surface area contributed by atoms with Crippen molar-refractivity contribution >= 4 is 37.2 Å². The summed E-state index contributed by atoms with van der Waals surface area (Å²) in [5, 5.41) is 2.57. The van der Waals surface area contributed by atoms with E-state index in [-0.39, 0.29) is 0 Å². The summed E-state index contributed by atoms with van der Waals surface area (Å²) in [6.07, 6.45) is 0. The highest BCUT2D eigenvalue weighted by Crippen LogP contribution is 2.34. The predicted molar refractivity (Wildman–Crippen MR) is 63.7 cm³/mol. The third-order valence-corrected chi connectivity index (χ3v) is 3.55. The summed E-state index contributed by atoms with van der Waals surface area (Å²) in [6.45, 7) is 0. The number of thiophene rings is 1. The van der Waals surface area contributed by atoms with Gasteiger partial charge >= 0.3 is 0 Å². The van der Waals surface area contributed by atoms with Gasteiger partial charge in [-0.25, -0.2) is 0 Å². The summed E-state index contributed by atoms with van der Waals surface area (Å²) >= 11 is 1.81. The van der Waals surface area contributed by atoms with Gasteiger partial charge in [-0.2, -0.15) is 0 Å². The Kier molecular flexibility index (Phi) is 1.52. The average Bonchev–Trinajstić information content (AvgIpc) is 2.56. The van der Waals surface area contributed by atoms with Gasteiger partial charge in [-0.15, -0.1) is 11.3 Å². The van der Waals surface area contributed by atoms with E-state index >= 15 is 0 Å². The van der Waals surface area contributed by atoms with Crippen molar-refractivity contribution in [2.24, 2.45) is 0 Å². The van der Waals surface area contributed by atoms with Gasteiger partial charge < -0.3 is 5.73 Å². The number of rotatable bonds is 0. The van der Waals surface area contributed by atoms with Crippen molar-refractivity contribution in [3.05, 3.63) is 42.5 Å². The Morgan fingerprint density at radius 3 is 2.57 bits per heavy atom. The lowest BCUT2D eigenvalue weighted by Gasteiger charge is -1.93. The van der Waals surface area contributed by atoms with Crippen LogP contribution in [-0.4, -0.2) is 0 Å². The minimum atomic E-state index is 0.834. The molecule has 2 N–H and O–H groups in total. The molecule has 14 heavy (non-hydrogen) atoms. The van der Waals surface area contributed by atoms with E-state index in [0.29, 0.717) is 0 Å². The van der Waals surface area contributed by atoms with Crippen LogP contribution < -0.4 is 5.73 Å². The van der Waals surface area contributed by atoms with Gasteiger partial charge in [0.1, 0.15) is 0 Å². The molecule has 0 spiro atoms. The van der Waals surface area contributed by atoms with Crippen LogP contribution in [0.3, 0.4) is 0 Å². The number of hydrogen-bond acceptors (Lipinski definition) is 2. The van der Waals surface area contributed by atoms with E-state index in [1.165, 1.54) is 20.2 Å². The number of anilines is 1. The standard InChI is InChI=1S/C12H9NS/c13-8-5-6-12-10(7-8)9-3-1-2-4-11(9)14-12/h1-7H,13H2. The van der Waals surface area contributed by atoms with Crippen LogP contribution in [0, 0.1) is 0 Å². The molecule has 3 rings (SSSR count). The monoisotopic (exact) mass is 199 g/mol. The van der Waals surface area contributed by atoms with Gasteiger partial charge in [0.15, 0.2) is 0 Å². The molecule has 0 fully saturated rings. The van der Waals surface area contributed by atoms with Crippen molar-refractivity contribution < 1.29 is 0 Å². The Morgan fingerprint density at radius 1 is 0.857 bits per heavy atom. The molecule has 2 aromatic carbocycles. The molecule has 0 saturated heterocycles. The Balaban J connectivity index is 2.58. The molecular formula is C12H9NS. The summed E-state index contributed by atoms with van der Waals surface area (Å²) in [4.78, 5) is 0. The van der Waals surface area contributed by atoms with Crippen molar-refractivity contribution in [2.75, 3.05) is 5.73 Å². The van der Waals surface area contributed by atoms with E-state index < -0.39 is 0 Å². The zero-order valence-corrected chi connectivity index (χ0v) is 8.34. The van der Waals surface area contributed by atoms with Crippen LogP contribution in [0.2, 0.25) is 0 Å². The van der Waals surface area contributed by atoms with Gasteiger partial charge in [0.2, 0.25) is 0 Å². The molecule has 1 aromatic heterocycles. The number of fused-ring (bicyclic) bond motifs is 3. The molecule has 0 aliphatic heterocycles. The summed E-state index contributed by atoms with van der Waals surface area (Å²) in [5.41, 5.74) is 6.61. The molecule has 3 aromatic rings. The topological polar surface area (TPSA) is 26.0 Å². The summed E-state index contributed by atoms with van der Waals surface area (Å²) < 4.78 is 2.63. The highest BCUT2D eigenvalue weighted by molar-refractivity contribution is 7.25. The van der Waals surface area contributed by atoms with Gasteiger partial charge in [0.05, 0.1) is 0 Å². The lowest BCUT2D eigenvalue weighted by atomic mass is 10.1. The molecule has 0 radical (unpaired) electrons. The van der Waals surface area contributed by atoms with Gasteiger partial charge in [0.25, 0.3) is 0 Å². The Bertz CT molecular complexity index is 610. The zero-order valence-electron chi connectivity index (χ0n) is 7.53. The van der Waals surface area contributed by atoms with E-state index in [0.717, 1.165) is 5.69 Å². The van der Waals surface area contributed by atoms with E-state index in [4.69, 9.17) is 5.73 Å². The average molecular weight is 199 g/mol. The molecule has 1 heterocycles. The summed E-state index contributed by atoms with van der Waals surface area (Å²) in [5.74, 6) is 0. The van der Waals surface area contributed by atoms with Gasteiger partial charge in [-0.05, 0) is 24.3 Å². The highest BCUT2D eigenvalue weighted by Gasteiger charge is 2.03. The van der Waals surface area contributed by atoms with Crippen molar-refractivity contribution in [2.45, 2.75) is 0 Å². The fourth-order valence-corrected chi connectivity index (χ4v) is 2.83. The molecular weight excluding hydrogens is 190 g/mol. The van der Waals surface area contributed by atoms with Crippen LogP contribution in [0.4, 0.5) is 5.69 Å². The lowest BCUT2D eigenvalue weighted by Crippen LogP contribution is -1.81. The van der Waals surface area contributed by atoms with Crippen LogP contribution in [0.25, 0.3) is 20.2 Å². The van der Waals surface area contributed by atoms with Crippen LogP contribution >= 0.6 is 11.3 Å². The number of benzene rings is 2. The first-order valence-electron chi connectivity index (χ1n) is 4.51. The second-order valence-corrected chi connectivity index (χ2v) is 4.44. The molecule has 1 nitrogen and oxygen atoms in total. The van der Waals surface area contributed by atoms with Crippen molar-refractivity contribution in [3.63, 3.8) is 0 Å². The highest BCUT2D eigenvalue weighted by atomic mass is 32.1. The van der Waals surface area contributed by atoms with Crippen LogP contribution in [-0.2, 0) is 0 Å². The van der Waals surface area contributed by atoms with E-state index in [1.54, 1.807) is 0 Å². The molecule has 68 valence electrons. The van der Waals surface area contributed by atoms with Crippen LogP contribution in [0.1, 0.15) is 0 Å². The molecule has 0 aliphatic carbocycles. The van der Waals surface area contributed by atoms with Crippen LogP contribution in [0.5, 0.6) is 0 Å². The summed E-state index contributed by atoms with van der Waals surface area (Å²) in [7, 11) is 0. The fourth-order valence-electron chi connectivity index (χ4n) is 1.74. The molecule has 0 unspecified atom stereocenters. The van der Waals surface area contributed by atoms with Crippen LogP contribution in [0.15, 0.2) is 42.5 Å². The third kappa shape index (κ3) is 1.01. The maximum absolute atomic E-state index is 5.78. The Hall–Kier alpha value is -1.54.